The minimum absolute atomic E-state index is 0.000295. The molecule has 0 unspecified atom stereocenters. The number of nitrogens with zero attached hydrogens (tertiary/aromatic N) is 2. The average molecular weight is 437 g/mol. The van der Waals surface area contributed by atoms with Gasteiger partial charge in [0.25, 0.3) is 0 Å². The standard InChI is InChI=1S/C25H32N4O3/c1-17-14-18(2)23(19(3)15-17)27-22(30)16-28(4)24(31)20-10-12-29(13-11-20)25(32)26-21-8-6-5-7-9-21/h5-9,14-15,20H,10-13,16H2,1-4H3,(H,26,32)(H,27,30). The fourth-order valence-electron chi connectivity index (χ4n) is 4.21. The molecule has 7 nitrogen and oxygen atoms in total. The summed E-state index contributed by atoms with van der Waals surface area (Å²) in [5.41, 5.74) is 4.71. The summed E-state index contributed by atoms with van der Waals surface area (Å²) in [6, 6.07) is 13.2. The molecule has 0 bridgehead atoms. The number of hydrogen-bond donors (Lipinski definition) is 2. The predicted molar refractivity (Wildman–Crippen MR) is 127 cm³/mol. The monoisotopic (exact) mass is 436 g/mol. The number of amides is 4. The first-order valence-electron chi connectivity index (χ1n) is 11.0. The summed E-state index contributed by atoms with van der Waals surface area (Å²) in [7, 11) is 1.66. The minimum Gasteiger partial charge on any atom is -0.336 e. The third-order valence-electron chi connectivity index (χ3n) is 5.85. The number of nitrogens with one attached hydrogen (secondary N) is 2. The van der Waals surface area contributed by atoms with Crippen LogP contribution in [0.1, 0.15) is 29.5 Å². The van der Waals surface area contributed by atoms with Gasteiger partial charge in [-0.05, 0) is 56.9 Å². The number of likely N-dealkylation sites (tertiary alicyclic amines) is 1. The van der Waals surface area contributed by atoms with Gasteiger partial charge in [-0.2, -0.15) is 0 Å². The smallest absolute Gasteiger partial charge is 0.321 e. The largest absolute Gasteiger partial charge is 0.336 e. The molecule has 1 fully saturated rings. The van der Waals surface area contributed by atoms with Crippen LogP contribution in [0.4, 0.5) is 16.2 Å². The van der Waals surface area contributed by atoms with Crippen molar-refractivity contribution in [1.29, 1.82) is 0 Å². The van der Waals surface area contributed by atoms with Gasteiger partial charge in [-0.25, -0.2) is 4.79 Å². The lowest BCUT2D eigenvalue weighted by molar-refractivity contribution is -0.138. The van der Waals surface area contributed by atoms with Crippen LogP contribution in [0, 0.1) is 26.7 Å². The van der Waals surface area contributed by atoms with Gasteiger partial charge >= 0.3 is 6.03 Å². The molecule has 0 aliphatic carbocycles. The van der Waals surface area contributed by atoms with Crippen molar-refractivity contribution in [3.8, 4) is 0 Å². The van der Waals surface area contributed by atoms with Crippen molar-refractivity contribution >= 4 is 29.2 Å². The highest BCUT2D eigenvalue weighted by Gasteiger charge is 2.29. The lowest BCUT2D eigenvalue weighted by Crippen LogP contribution is -2.46. The van der Waals surface area contributed by atoms with E-state index in [0.29, 0.717) is 25.9 Å². The van der Waals surface area contributed by atoms with Gasteiger partial charge in [-0.3, -0.25) is 9.59 Å². The Labute approximate surface area is 189 Å². The van der Waals surface area contributed by atoms with Crippen LogP contribution in [0.25, 0.3) is 0 Å². The van der Waals surface area contributed by atoms with Crippen LogP contribution >= 0.6 is 0 Å². The van der Waals surface area contributed by atoms with Gasteiger partial charge in [-0.15, -0.1) is 0 Å². The first kappa shape index (κ1) is 23.3. The second kappa shape index (κ2) is 10.3. The van der Waals surface area contributed by atoms with Gasteiger partial charge in [0.15, 0.2) is 0 Å². The van der Waals surface area contributed by atoms with Crippen LogP contribution in [0.3, 0.4) is 0 Å². The molecule has 1 aliphatic rings. The zero-order chi connectivity index (χ0) is 23.3. The average Bonchev–Trinajstić information content (AvgIpc) is 2.76. The van der Waals surface area contributed by atoms with Crippen LogP contribution in [0.2, 0.25) is 0 Å². The summed E-state index contributed by atoms with van der Waals surface area (Å²) in [5.74, 6) is -0.451. The molecule has 2 N–H and O–H groups in total. The first-order valence-corrected chi connectivity index (χ1v) is 11.0. The first-order chi connectivity index (χ1) is 15.2. The maximum Gasteiger partial charge on any atom is 0.321 e. The number of hydrogen-bond acceptors (Lipinski definition) is 3. The number of urea groups is 1. The van der Waals surface area contributed by atoms with Crippen LogP contribution in [-0.4, -0.2) is 54.3 Å². The molecule has 0 radical (unpaired) electrons. The summed E-state index contributed by atoms with van der Waals surface area (Å²) in [6.07, 6.45) is 1.17. The molecule has 3 rings (SSSR count). The van der Waals surface area contributed by atoms with E-state index in [1.165, 1.54) is 4.90 Å². The summed E-state index contributed by atoms with van der Waals surface area (Å²) in [5, 5.41) is 5.82. The zero-order valence-corrected chi connectivity index (χ0v) is 19.3. The second-order valence-electron chi connectivity index (χ2n) is 8.57. The molecule has 7 heteroatoms. The van der Waals surface area contributed by atoms with Gasteiger partial charge in [0.2, 0.25) is 11.8 Å². The van der Waals surface area contributed by atoms with E-state index in [2.05, 4.69) is 10.6 Å². The molecule has 2 aromatic rings. The van der Waals surface area contributed by atoms with E-state index >= 15 is 0 Å². The molecule has 1 heterocycles. The normalized spacial score (nSPS) is 14.1. The Bertz CT molecular complexity index is 959. The van der Waals surface area contributed by atoms with Crippen molar-refractivity contribution in [3.05, 3.63) is 59.2 Å². The highest BCUT2D eigenvalue weighted by atomic mass is 16.2. The van der Waals surface area contributed by atoms with Gasteiger partial charge in [0, 0.05) is 37.4 Å². The van der Waals surface area contributed by atoms with Gasteiger partial charge in [-0.1, -0.05) is 35.9 Å². The second-order valence-corrected chi connectivity index (χ2v) is 8.57. The Balaban J connectivity index is 1.48. The molecular weight excluding hydrogens is 404 g/mol. The quantitative estimate of drug-likeness (QED) is 0.745. The number of anilines is 2. The molecule has 0 saturated carbocycles. The zero-order valence-electron chi connectivity index (χ0n) is 19.3. The third kappa shape index (κ3) is 5.87. The lowest BCUT2D eigenvalue weighted by Gasteiger charge is -2.33. The van der Waals surface area contributed by atoms with Crippen molar-refractivity contribution < 1.29 is 14.4 Å². The molecule has 0 aromatic heterocycles. The Hall–Kier alpha value is -3.35. The number of aryl methyl sites for hydroxylation is 3. The summed E-state index contributed by atoms with van der Waals surface area (Å²) in [4.78, 5) is 41.1. The van der Waals surface area contributed by atoms with Crippen LogP contribution in [-0.2, 0) is 9.59 Å². The van der Waals surface area contributed by atoms with Crippen molar-refractivity contribution in [1.82, 2.24) is 9.80 Å². The van der Waals surface area contributed by atoms with Gasteiger partial charge in [0.1, 0.15) is 0 Å². The Morgan fingerprint density at radius 3 is 2.16 bits per heavy atom. The van der Waals surface area contributed by atoms with E-state index in [1.54, 1.807) is 11.9 Å². The maximum atomic E-state index is 12.9. The molecule has 4 amide bonds. The van der Waals surface area contributed by atoms with Crippen molar-refractivity contribution in [2.24, 2.45) is 5.92 Å². The summed E-state index contributed by atoms with van der Waals surface area (Å²) >= 11 is 0. The maximum absolute atomic E-state index is 12.9. The minimum atomic E-state index is -0.212. The molecule has 0 atom stereocenters. The highest BCUT2D eigenvalue weighted by Crippen LogP contribution is 2.23. The molecular formula is C25H32N4O3. The fraction of sp³-hybridized carbons (Fsp3) is 0.400. The van der Waals surface area contributed by atoms with E-state index in [0.717, 1.165) is 28.1 Å². The number of rotatable bonds is 5. The fourth-order valence-corrected chi connectivity index (χ4v) is 4.21. The Kier molecular flexibility index (Phi) is 7.51. The molecule has 2 aromatic carbocycles. The number of benzene rings is 2. The van der Waals surface area contributed by atoms with Gasteiger partial charge in [0.05, 0.1) is 6.54 Å². The highest BCUT2D eigenvalue weighted by molar-refractivity contribution is 5.96. The van der Waals surface area contributed by atoms with Crippen LogP contribution in [0.15, 0.2) is 42.5 Å². The van der Waals surface area contributed by atoms with E-state index < -0.39 is 0 Å². The molecule has 1 aliphatic heterocycles. The predicted octanol–water partition coefficient (Wildman–Crippen LogP) is 3.95. The number of likely N-dealkylation sites (N-methyl/N-ethyl adjacent to an activating group) is 1. The van der Waals surface area contributed by atoms with E-state index in [4.69, 9.17) is 0 Å². The van der Waals surface area contributed by atoms with Crippen LogP contribution in [0.5, 0.6) is 0 Å². The van der Waals surface area contributed by atoms with Crippen molar-refractivity contribution in [3.63, 3.8) is 0 Å². The molecule has 1 saturated heterocycles. The van der Waals surface area contributed by atoms with E-state index in [9.17, 15) is 14.4 Å². The number of carbonyl (C=O) groups is 3. The third-order valence-corrected chi connectivity index (χ3v) is 5.85. The lowest BCUT2D eigenvalue weighted by atomic mass is 9.95. The van der Waals surface area contributed by atoms with E-state index in [1.807, 2.05) is 63.2 Å². The summed E-state index contributed by atoms with van der Waals surface area (Å²) < 4.78 is 0. The molecule has 32 heavy (non-hydrogen) atoms. The Morgan fingerprint density at radius 2 is 1.56 bits per heavy atom. The van der Waals surface area contributed by atoms with Gasteiger partial charge < -0.3 is 20.4 Å². The van der Waals surface area contributed by atoms with Crippen molar-refractivity contribution in [2.45, 2.75) is 33.6 Å². The van der Waals surface area contributed by atoms with Crippen LogP contribution < -0.4 is 10.6 Å². The SMILES string of the molecule is Cc1cc(C)c(NC(=O)CN(C)C(=O)C2CCN(C(=O)Nc3ccccc3)CC2)c(C)c1. The number of carbonyl (C=O) groups excluding carboxylic acids is 3. The molecule has 170 valence electrons. The number of piperidine rings is 1. The number of para-hydroxylation sites is 1. The van der Waals surface area contributed by atoms with Crippen molar-refractivity contribution in [2.75, 3.05) is 37.3 Å². The Morgan fingerprint density at radius 1 is 0.969 bits per heavy atom. The topological polar surface area (TPSA) is 81.8 Å². The summed E-state index contributed by atoms with van der Waals surface area (Å²) in [6.45, 7) is 6.97. The van der Waals surface area contributed by atoms with E-state index in [-0.39, 0.29) is 30.3 Å². The molecule has 0 spiro atoms.